The van der Waals surface area contributed by atoms with Gasteiger partial charge in [0.2, 0.25) is 0 Å². The molecule has 0 saturated carbocycles. The molecule has 4 nitrogen and oxygen atoms in total. The molecule has 0 aliphatic rings. The standard InChI is InChI=1S/C12H20N2O2/c1-15-10-12(16-2)9-14-8-5-11-3-6-13-7-4-11/h3-4,6-7,12,14H,5,8-10H2,1-2H3. The third kappa shape index (κ3) is 5.21. The summed E-state index contributed by atoms with van der Waals surface area (Å²) < 4.78 is 10.3. The summed E-state index contributed by atoms with van der Waals surface area (Å²) in [7, 11) is 3.39. The molecule has 1 aromatic heterocycles. The van der Waals surface area contributed by atoms with Crippen LogP contribution in [-0.2, 0) is 15.9 Å². The van der Waals surface area contributed by atoms with Crippen LogP contribution in [0.2, 0.25) is 0 Å². The summed E-state index contributed by atoms with van der Waals surface area (Å²) in [4.78, 5) is 3.98. The van der Waals surface area contributed by atoms with Crippen LogP contribution in [-0.4, -0.2) is 45.0 Å². The van der Waals surface area contributed by atoms with Gasteiger partial charge in [0, 0.05) is 33.2 Å². The maximum absolute atomic E-state index is 5.25. The fraction of sp³-hybridized carbons (Fsp3) is 0.583. The molecule has 0 spiro atoms. The van der Waals surface area contributed by atoms with Crippen LogP contribution in [0.15, 0.2) is 24.5 Å². The Balaban J connectivity index is 2.11. The van der Waals surface area contributed by atoms with Crippen molar-refractivity contribution >= 4 is 0 Å². The Morgan fingerprint density at radius 3 is 2.69 bits per heavy atom. The van der Waals surface area contributed by atoms with Crippen LogP contribution in [0, 0.1) is 0 Å². The lowest BCUT2D eigenvalue weighted by Gasteiger charge is -2.14. The number of nitrogens with zero attached hydrogens (tertiary/aromatic N) is 1. The fourth-order valence-corrected chi connectivity index (χ4v) is 1.44. The van der Waals surface area contributed by atoms with Crippen molar-refractivity contribution in [2.24, 2.45) is 0 Å². The van der Waals surface area contributed by atoms with Gasteiger partial charge in [-0.3, -0.25) is 4.98 Å². The van der Waals surface area contributed by atoms with E-state index in [0.29, 0.717) is 6.61 Å². The summed E-state index contributed by atoms with van der Waals surface area (Å²) in [6.45, 7) is 2.38. The number of aromatic nitrogens is 1. The summed E-state index contributed by atoms with van der Waals surface area (Å²) in [5, 5.41) is 3.34. The first-order valence-electron chi connectivity index (χ1n) is 5.48. The number of ether oxygens (including phenoxy) is 2. The molecule has 0 fully saturated rings. The lowest BCUT2D eigenvalue weighted by Crippen LogP contribution is -2.32. The van der Waals surface area contributed by atoms with Crippen molar-refractivity contribution in [1.82, 2.24) is 10.3 Å². The highest BCUT2D eigenvalue weighted by molar-refractivity contribution is 5.09. The molecule has 0 aliphatic heterocycles. The normalized spacial score (nSPS) is 12.6. The van der Waals surface area contributed by atoms with Crippen molar-refractivity contribution in [3.05, 3.63) is 30.1 Å². The Morgan fingerprint density at radius 1 is 1.31 bits per heavy atom. The summed E-state index contributed by atoms with van der Waals surface area (Å²) in [5.41, 5.74) is 1.29. The Morgan fingerprint density at radius 2 is 2.06 bits per heavy atom. The Hall–Kier alpha value is -0.970. The van der Waals surface area contributed by atoms with E-state index in [1.165, 1.54) is 5.56 Å². The van der Waals surface area contributed by atoms with Crippen LogP contribution < -0.4 is 5.32 Å². The molecular formula is C12H20N2O2. The molecule has 0 radical (unpaired) electrons. The van der Waals surface area contributed by atoms with Crippen molar-refractivity contribution in [3.8, 4) is 0 Å². The van der Waals surface area contributed by atoms with E-state index in [2.05, 4.69) is 10.3 Å². The first-order chi connectivity index (χ1) is 7.86. The van der Waals surface area contributed by atoms with Gasteiger partial charge in [-0.25, -0.2) is 0 Å². The van der Waals surface area contributed by atoms with Crippen molar-refractivity contribution in [1.29, 1.82) is 0 Å². The van der Waals surface area contributed by atoms with Gasteiger partial charge >= 0.3 is 0 Å². The summed E-state index contributed by atoms with van der Waals surface area (Å²) >= 11 is 0. The topological polar surface area (TPSA) is 43.4 Å². The SMILES string of the molecule is COCC(CNCCc1ccncc1)OC. The number of nitrogens with one attached hydrogen (secondary N) is 1. The van der Waals surface area contributed by atoms with Crippen molar-refractivity contribution < 1.29 is 9.47 Å². The van der Waals surface area contributed by atoms with E-state index in [9.17, 15) is 0 Å². The highest BCUT2D eigenvalue weighted by Crippen LogP contribution is 1.96. The molecule has 0 aromatic carbocycles. The van der Waals surface area contributed by atoms with E-state index < -0.39 is 0 Å². The Bertz CT molecular complexity index is 267. The van der Waals surface area contributed by atoms with E-state index in [-0.39, 0.29) is 6.10 Å². The fourth-order valence-electron chi connectivity index (χ4n) is 1.44. The quantitative estimate of drug-likeness (QED) is 0.666. The van der Waals surface area contributed by atoms with Gasteiger partial charge in [-0.05, 0) is 30.7 Å². The number of pyridine rings is 1. The molecule has 90 valence electrons. The summed E-state index contributed by atoms with van der Waals surface area (Å²) in [6, 6.07) is 4.06. The number of methoxy groups -OCH3 is 2. The minimum Gasteiger partial charge on any atom is -0.382 e. The lowest BCUT2D eigenvalue weighted by atomic mass is 10.2. The van der Waals surface area contributed by atoms with E-state index in [1.54, 1.807) is 14.2 Å². The van der Waals surface area contributed by atoms with E-state index in [4.69, 9.17) is 9.47 Å². The van der Waals surface area contributed by atoms with Gasteiger partial charge < -0.3 is 14.8 Å². The zero-order valence-corrected chi connectivity index (χ0v) is 9.98. The summed E-state index contributed by atoms with van der Waals surface area (Å²) in [6.07, 6.45) is 4.77. The molecule has 1 heterocycles. The Labute approximate surface area is 97.0 Å². The highest BCUT2D eigenvalue weighted by atomic mass is 16.5. The molecule has 0 saturated heterocycles. The summed E-state index contributed by atoms with van der Waals surface area (Å²) in [5.74, 6) is 0. The van der Waals surface area contributed by atoms with Gasteiger partial charge in [-0.1, -0.05) is 0 Å². The minimum absolute atomic E-state index is 0.127. The predicted octanol–water partition coefficient (Wildman–Crippen LogP) is 0.875. The predicted molar refractivity (Wildman–Crippen MR) is 63.5 cm³/mol. The van der Waals surface area contributed by atoms with Crippen molar-refractivity contribution in [2.75, 3.05) is 33.9 Å². The first-order valence-corrected chi connectivity index (χ1v) is 5.48. The minimum atomic E-state index is 0.127. The second-order valence-corrected chi connectivity index (χ2v) is 3.62. The Kier molecular flexibility index (Phi) is 6.72. The van der Waals surface area contributed by atoms with Gasteiger partial charge in [-0.2, -0.15) is 0 Å². The number of hydrogen-bond acceptors (Lipinski definition) is 4. The molecule has 16 heavy (non-hydrogen) atoms. The van der Waals surface area contributed by atoms with Gasteiger partial charge in [0.15, 0.2) is 0 Å². The molecule has 1 atom stereocenters. The maximum Gasteiger partial charge on any atom is 0.0928 e. The third-order valence-corrected chi connectivity index (χ3v) is 2.40. The average molecular weight is 224 g/mol. The molecule has 1 aromatic rings. The molecule has 1 N–H and O–H groups in total. The number of hydrogen-bond donors (Lipinski definition) is 1. The van der Waals surface area contributed by atoms with Crippen LogP contribution in [0.25, 0.3) is 0 Å². The van der Waals surface area contributed by atoms with Crippen molar-refractivity contribution in [3.63, 3.8) is 0 Å². The molecule has 0 bridgehead atoms. The van der Waals surface area contributed by atoms with Gasteiger partial charge in [0.25, 0.3) is 0 Å². The van der Waals surface area contributed by atoms with Crippen LogP contribution in [0.1, 0.15) is 5.56 Å². The zero-order valence-electron chi connectivity index (χ0n) is 9.98. The lowest BCUT2D eigenvalue weighted by molar-refractivity contribution is 0.0291. The zero-order chi connectivity index (χ0) is 11.6. The van der Waals surface area contributed by atoms with E-state index in [1.807, 2.05) is 24.5 Å². The van der Waals surface area contributed by atoms with Crippen LogP contribution in [0.4, 0.5) is 0 Å². The molecular weight excluding hydrogens is 204 g/mol. The van der Waals surface area contributed by atoms with E-state index in [0.717, 1.165) is 19.5 Å². The average Bonchev–Trinajstić information content (AvgIpc) is 2.34. The van der Waals surface area contributed by atoms with Crippen LogP contribution >= 0.6 is 0 Å². The second-order valence-electron chi connectivity index (χ2n) is 3.62. The van der Waals surface area contributed by atoms with Gasteiger partial charge in [0.05, 0.1) is 12.7 Å². The maximum atomic E-state index is 5.25. The molecule has 0 aliphatic carbocycles. The largest absolute Gasteiger partial charge is 0.382 e. The number of rotatable bonds is 8. The van der Waals surface area contributed by atoms with Crippen LogP contribution in [0.3, 0.4) is 0 Å². The third-order valence-electron chi connectivity index (χ3n) is 2.40. The monoisotopic (exact) mass is 224 g/mol. The second kappa shape index (κ2) is 8.21. The van der Waals surface area contributed by atoms with E-state index >= 15 is 0 Å². The molecule has 1 rings (SSSR count). The molecule has 4 heteroatoms. The highest BCUT2D eigenvalue weighted by Gasteiger charge is 2.05. The van der Waals surface area contributed by atoms with Gasteiger partial charge in [0.1, 0.15) is 0 Å². The van der Waals surface area contributed by atoms with Crippen LogP contribution in [0.5, 0.6) is 0 Å². The molecule has 1 unspecified atom stereocenters. The smallest absolute Gasteiger partial charge is 0.0928 e. The van der Waals surface area contributed by atoms with Crippen molar-refractivity contribution in [2.45, 2.75) is 12.5 Å². The first kappa shape index (κ1) is 13.1. The van der Waals surface area contributed by atoms with Gasteiger partial charge in [-0.15, -0.1) is 0 Å². The molecule has 0 amide bonds.